The summed E-state index contributed by atoms with van der Waals surface area (Å²) < 4.78 is 13.3. The van der Waals surface area contributed by atoms with Crippen LogP contribution < -0.4 is 10.6 Å². The van der Waals surface area contributed by atoms with Gasteiger partial charge in [-0.1, -0.05) is 26.0 Å². The van der Waals surface area contributed by atoms with Gasteiger partial charge in [-0.15, -0.1) is 24.0 Å². The van der Waals surface area contributed by atoms with Crippen LogP contribution in [0.3, 0.4) is 0 Å². The molecule has 1 aromatic carbocycles. The molecule has 1 aliphatic rings. The lowest BCUT2D eigenvalue weighted by atomic mass is 10.0. The largest absolute Gasteiger partial charge is 0.357 e. The van der Waals surface area contributed by atoms with Crippen molar-refractivity contribution in [1.29, 1.82) is 0 Å². The second-order valence-electron chi connectivity index (χ2n) is 7.36. The summed E-state index contributed by atoms with van der Waals surface area (Å²) in [6, 6.07) is 7.09. The minimum Gasteiger partial charge on any atom is -0.357 e. The number of aliphatic imine (C=N–C) groups is 1. The average molecular weight is 491 g/mol. The number of benzene rings is 1. The molecule has 0 amide bonds. The first kappa shape index (κ1) is 24.1. The van der Waals surface area contributed by atoms with Crippen LogP contribution in [0, 0.1) is 11.7 Å². The minimum absolute atomic E-state index is 0. The Morgan fingerprint density at radius 2 is 1.89 bits per heavy atom. The van der Waals surface area contributed by atoms with Gasteiger partial charge < -0.3 is 15.5 Å². The predicted octanol–water partition coefficient (Wildman–Crippen LogP) is 2.77. The highest BCUT2D eigenvalue weighted by atomic mass is 127. The van der Waals surface area contributed by atoms with Crippen molar-refractivity contribution < 1.29 is 4.39 Å². The number of likely N-dealkylation sites (N-methyl/N-ethyl adjacent to an activating group) is 1. The Labute approximate surface area is 180 Å². The van der Waals surface area contributed by atoms with Crippen molar-refractivity contribution in [3.63, 3.8) is 0 Å². The van der Waals surface area contributed by atoms with Gasteiger partial charge in [0, 0.05) is 45.3 Å². The molecule has 0 radical (unpaired) electrons. The van der Waals surface area contributed by atoms with Gasteiger partial charge in [0.2, 0.25) is 0 Å². The fraction of sp³-hybridized carbons (Fsp3) is 0.650. The molecule has 1 aliphatic heterocycles. The van der Waals surface area contributed by atoms with Crippen molar-refractivity contribution in [2.24, 2.45) is 10.9 Å². The van der Waals surface area contributed by atoms with Crippen molar-refractivity contribution in [2.75, 3.05) is 46.3 Å². The summed E-state index contributed by atoms with van der Waals surface area (Å²) in [5, 5.41) is 6.78. The molecule has 1 heterocycles. The molecule has 0 saturated carbocycles. The van der Waals surface area contributed by atoms with Crippen LogP contribution in [0.5, 0.6) is 0 Å². The molecule has 2 N–H and O–H groups in total. The van der Waals surface area contributed by atoms with E-state index < -0.39 is 0 Å². The van der Waals surface area contributed by atoms with Gasteiger partial charge in [0.25, 0.3) is 0 Å². The summed E-state index contributed by atoms with van der Waals surface area (Å²) in [4.78, 5) is 9.57. The molecular formula is C20H35FIN5. The standard InChI is InChI=1S/C20H34FN5.HI/c1-5-22-20(23-14-17-7-6-8-18(21)13-17)24-15-19(16(2)3)26-11-9-25(4)10-12-26;/h6-8,13,16,19H,5,9-12,14-15H2,1-4H3,(H2,22,23,24);1H. The number of piperazine rings is 1. The lowest BCUT2D eigenvalue weighted by molar-refractivity contribution is 0.0900. The Hall–Kier alpha value is -0.930. The number of nitrogens with zero attached hydrogens (tertiary/aromatic N) is 3. The van der Waals surface area contributed by atoms with E-state index in [9.17, 15) is 4.39 Å². The normalized spacial score (nSPS) is 17.5. The smallest absolute Gasteiger partial charge is 0.191 e. The van der Waals surface area contributed by atoms with E-state index in [4.69, 9.17) is 0 Å². The number of guanidine groups is 1. The fourth-order valence-electron chi connectivity index (χ4n) is 3.29. The Morgan fingerprint density at radius 3 is 2.48 bits per heavy atom. The van der Waals surface area contributed by atoms with Crippen LogP contribution in [0.2, 0.25) is 0 Å². The highest BCUT2D eigenvalue weighted by molar-refractivity contribution is 14.0. The van der Waals surface area contributed by atoms with E-state index in [0.29, 0.717) is 18.5 Å². The fourth-order valence-corrected chi connectivity index (χ4v) is 3.29. The van der Waals surface area contributed by atoms with Crippen molar-refractivity contribution in [1.82, 2.24) is 20.4 Å². The summed E-state index contributed by atoms with van der Waals surface area (Å²) in [6.45, 7) is 13.2. The van der Waals surface area contributed by atoms with E-state index in [-0.39, 0.29) is 29.8 Å². The van der Waals surface area contributed by atoms with Crippen LogP contribution in [0.1, 0.15) is 26.3 Å². The van der Waals surface area contributed by atoms with E-state index >= 15 is 0 Å². The highest BCUT2D eigenvalue weighted by Gasteiger charge is 2.25. The van der Waals surface area contributed by atoms with Crippen molar-refractivity contribution in [3.8, 4) is 0 Å². The van der Waals surface area contributed by atoms with Crippen molar-refractivity contribution in [3.05, 3.63) is 35.6 Å². The predicted molar refractivity (Wildman–Crippen MR) is 122 cm³/mol. The molecule has 1 saturated heterocycles. The molecule has 154 valence electrons. The monoisotopic (exact) mass is 491 g/mol. The first-order valence-electron chi connectivity index (χ1n) is 9.68. The minimum atomic E-state index is -0.217. The van der Waals surface area contributed by atoms with Gasteiger partial charge in [0.1, 0.15) is 5.82 Å². The molecule has 2 rings (SSSR count). The van der Waals surface area contributed by atoms with Gasteiger partial charge in [0.15, 0.2) is 5.96 Å². The molecular weight excluding hydrogens is 456 g/mol. The van der Waals surface area contributed by atoms with Crippen molar-refractivity contribution >= 4 is 29.9 Å². The second kappa shape index (κ2) is 12.5. The molecule has 5 nitrogen and oxygen atoms in total. The zero-order valence-electron chi connectivity index (χ0n) is 17.0. The van der Waals surface area contributed by atoms with Crippen LogP contribution in [0.15, 0.2) is 29.3 Å². The van der Waals surface area contributed by atoms with E-state index in [1.807, 2.05) is 6.07 Å². The molecule has 1 fully saturated rings. The first-order chi connectivity index (χ1) is 12.5. The quantitative estimate of drug-likeness (QED) is 0.350. The number of halogens is 2. The van der Waals surface area contributed by atoms with Gasteiger partial charge in [-0.25, -0.2) is 9.38 Å². The Balaban J connectivity index is 0.00000364. The summed E-state index contributed by atoms with van der Waals surface area (Å²) in [5.74, 6) is 1.14. The Bertz CT molecular complexity index is 573. The van der Waals surface area contributed by atoms with Crippen LogP contribution in [0.4, 0.5) is 4.39 Å². The third-order valence-corrected chi connectivity index (χ3v) is 4.91. The molecule has 27 heavy (non-hydrogen) atoms. The van der Waals surface area contributed by atoms with Gasteiger partial charge in [-0.2, -0.15) is 0 Å². The van der Waals surface area contributed by atoms with E-state index in [1.165, 1.54) is 12.1 Å². The Morgan fingerprint density at radius 1 is 1.19 bits per heavy atom. The number of hydrogen-bond donors (Lipinski definition) is 2. The summed E-state index contributed by atoms with van der Waals surface area (Å²) >= 11 is 0. The molecule has 0 aliphatic carbocycles. The SMILES string of the molecule is CCNC(=NCc1cccc(F)c1)NCC(C(C)C)N1CCN(C)CC1.I. The third-order valence-electron chi connectivity index (χ3n) is 4.91. The average Bonchev–Trinajstić information content (AvgIpc) is 2.61. The topological polar surface area (TPSA) is 42.9 Å². The Kier molecular flexibility index (Phi) is 11.2. The van der Waals surface area contributed by atoms with Crippen LogP contribution in [0.25, 0.3) is 0 Å². The van der Waals surface area contributed by atoms with Crippen molar-refractivity contribution in [2.45, 2.75) is 33.4 Å². The molecule has 1 aromatic rings. The first-order valence-corrected chi connectivity index (χ1v) is 9.68. The molecule has 0 aromatic heterocycles. The number of hydrogen-bond acceptors (Lipinski definition) is 3. The summed E-state index contributed by atoms with van der Waals surface area (Å²) in [5.41, 5.74) is 0.877. The molecule has 1 atom stereocenters. The molecule has 7 heteroatoms. The molecule has 0 bridgehead atoms. The maximum atomic E-state index is 13.3. The van der Waals surface area contributed by atoms with E-state index in [0.717, 1.165) is 50.8 Å². The van der Waals surface area contributed by atoms with Gasteiger partial charge in [-0.05, 0) is 37.6 Å². The highest BCUT2D eigenvalue weighted by Crippen LogP contribution is 2.13. The summed E-state index contributed by atoms with van der Waals surface area (Å²) in [6.07, 6.45) is 0. The zero-order valence-corrected chi connectivity index (χ0v) is 19.4. The molecule has 1 unspecified atom stereocenters. The van der Waals surface area contributed by atoms with Gasteiger partial charge >= 0.3 is 0 Å². The van der Waals surface area contributed by atoms with E-state index in [2.05, 4.69) is 53.2 Å². The maximum Gasteiger partial charge on any atom is 0.191 e. The maximum absolute atomic E-state index is 13.3. The van der Waals surface area contributed by atoms with Gasteiger partial charge in [-0.3, -0.25) is 4.90 Å². The summed E-state index contributed by atoms with van der Waals surface area (Å²) in [7, 11) is 2.18. The van der Waals surface area contributed by atoms with Crippen LogP contribution in [-0.4, -0.2) is 68.1 Å². The van der Waals surface area contributed by atoms with Gasteiger partial charge in [0.05, 0.1) is 6.54 Å². The lowest BCUT2D eigenvalue weighted by Crippen LogP contribution is -2.55. The van der Waals surface area contributed by atoms with Crippen LogP contribution in [-0.2, 0) is 6.54 Å². The lowest BCUT2D eigenvalue weighted by Gasteiger charge is -2.40. The second-order valence-corrected chi connectivity index (χ2v) is 7.36. The number of nitrogens with one attached hydrogen (secondary N) is 2. The molecule has 0 spiro atoms. The van der Waals surface area contributed by atoms with E-state index in [1.54, 1.807) is 6.07 Å². The third kappa shape index (κ3) is 8.31. The zero-order chi connectivity index (χ0) is 18.9. The number of rotatable bonds is 7. The van der Waals surface area contributed by atoms with Crippen LogP contribution >= 0.6 is 24.0 Å².